The molecule has 3 aliphatic rings. The topological polar surface area (TPSA) is 276 Å². The van der Waals surface area contributed by atoms with Crippen molar-refractivity contribution in [3.05, 3.63) is 12.2 Å². The molecule has 18 nitrogen and oxygen atoms in total. The van der Waals surface area contributed by atoms with Crippen molar-refractivity contribution in [1.82, 2.24) is 4.90 Å². The third-order valence-electron chi connectivity index (χ3n) is 5.41. The van der Waals surface area contributed by atoms with Gasteiger partial charge in [0.1, 0.15) is 30.7 Å². The summed E-state index contributed by atoms with van der Waals surface area (Å²) in [5, 5.41) is 21.0. The fourth-order valence-corrected chi connectivity index (χ4v) is 6.80. The summed E-state index contributed by atoms with van der Waals surface area (Å²) in [5.74, 6) is 0.349. The van der Waals surface area contributed by atoms with Crippen LogP contribution in [0.15, 0.2) is 27.1 Å². The number of unbranched alkanes of at least 4 members (excludes halogenated alkanes) is 2. The summed E-state index contributed by atoms with van der Waals surface area (Å²) in [6, 6.07) is 0. The normalized spacial score (nSPS) is 32.9. The van der Waals surface area contributed by atoms with Crippen molar-refractivity contribution < 1.29 is 61.4 Å². The van der Waals surface area contributed by atoms with Gasteiger partial charge in [-0.2, -0.15) is 8.62 Å². The highest BCUT2D eigenvalue weighted by Crippen LogP contribution is 2.66. The van der Waals surface area contributed by atoms with Gasteiger partial charge in [-0.3, -0.25) is 9.52 Å². The molecule has 0 spiro atoms. The molecule has 216 valence electrons. The molecular formula is C17H30N5O13P3. The van der Waals surface area contributed by atoms with E-state index in [0.717, 1.165) is 19.3 Å². The Morgan fingerprint density at radius 3 is 2.45 bits per heavy atom. The van der Waals surface area contributed by atoms with E-state index in [4.69, 9.17) is 20.3 Å². The van der Waals surface area contributed by atoms with Crippen LogP contribution in [0.1, 0.15) is 33.1 Å². The average molecular weight is 605 g/mol. The summed E-state index contributed by atoms with van der Waals surface area (Å²) >= 11 is 0. The van der Waals surface area contributed by atoms with Gasteiger partial charge in [-0.1, -0.05) is 25.8 Å². The number of aliphatic imine (C=N–C) groups is 3. The van der Waals surface area contributed by atoms with Crippen LogP contribution in [0.4, 0.5) is 0 Å². The smallest absolute Gasteiger partial charge is 0.387 e. The third-order valence-corrected chi connectivity index (χ3v) is 9.21. The third kappa shape index (κ3) is 7.86. The highest BCUT2D eigenvalue weighted by molar-refractivity contribution is 7.66. The van der Waals surface area contributed by atoms with Crippen LogP contribution in [0.25, 0.3) is 0 Å². The van der Waals surface area contributed by atoms with E-state index in [1.165, 1.54) is 4.90 Å². The molecule has 0 saturated carbocycles. The predicted octanol–water partition coefficient (Wildman–Crippen LogP) is -0.278. The lowest BCUT2D eigenvalue weighted by Gasteiger charge is -2.31. The van der Waals surface area contributed by atoms with Gasteiger partial charge in [0.2, 0.25) is 0 Å². The molecule has 0 aromatic rings. The molecule has 0 bridgehead atoms. The van der Waals surface area contributed by atoms with Crippen molar-refractivity contribution in [1.29, 1.82) is 0 Å². The van der Waals surface area contributed by atoms with E-state index in [1.54, 1.807) is 13.0 Å². The number of rotatable bonds is 12. The predicted molar refractivity (Wildman–Crippen MR) is 131 cm³/mol. The molecule has 0 aliphatic carbocycles. The Bertz CT molecular complexity index is 1170. The number of hydrogen-bond acceptors (Lipinski definition) is 14. The molecule has 0 aromatic heterocycles. The minimum Gasteiger partial charge on any atom is -0.387 e. The Morgan fingerprint density at radius 2 is 1.82 bits per heavy atom. The highest BCUT2D eigenvalue weighted by Gasteiger charge is 2.50. The number of nitrogens with two attached hydrogens (primary N) is 1. The quantitative estimate of drug-likeness (QED) is 0.0856. The number of hydrogen-bond donors (Lipinski definition) is 7. The number of allylic oxidation sites excluding steroid dienone is 1. The molecular weight excluding hydrogens is 575 g/mol. The fourth-order valence-electron chi connectivity index (χ4n) is 3.77. The molecule has 3 aliphatic heterocycles. The first-order valence-corrected chi connectivity index (χ1v) is 15.7. The van der Waals surface area contributed by atoms with E-state index in [1.807, 2.05) is 6.08 Å². The van der Waals surface area contributed by atoms with Crippen LogP contribution in [0, 0.1) is 0 Å². The Hall–Kier alpha value is -1.36. The molecule has 1 saturated heterocycles. The number of aliphatic hydroxyl groups excluding tert-OH is 2. The zero-order chi connectivity index (χ0) is 28.5. The van der Waals surface area contributed by atoms with Crippen LogP contribution in [-0.4, -0.2) is 95.5 Å². The SMILES string of the molecule is CCCCC=CC1(C)N=C(N)C2=NCN([C@@H]3O[C@H](COP(=O)(O)OP(=O)(O)OP(=O)(O)O)[C@@H](O)[C@H]3O)C2=N1. The number of amidine groups is 2. The zero-order valence-electron chi connectivity index (χ0n) is 20.2. The molecule has 1 fully saturated rings. The Labute approximate surface area is 217 Å². The summed E-state index contributed by atoms with van der Waals surface area (Å²) in [6.07, 6.45) is 0.512. The van der Waals surface area contributed by atoms with E-state index >= 15 is 0 Å². The summed E-state index contributed by atoms with van der Waals surface area (Å²) in [6.45, 7) is 2.75. The molecule has 0 aromatic carbocycles. The van der Waals surface area contributed by atoms with Crippen LogP contribution in [0.5, 0.6) is 0 Å². The van der Waals surface area contributed by atoms with Crippen molar-refractivity contribution in [2.24, 2.45) is 20.7 Å². The molecule has 3 heterocycles. The minimum atomic E-state index is -5.72. The number of ether oxygens (including phenoxy) is 1. The van der Waals surface area contributed by atoms with E-state index < -0.39 is 60.3 Å². The van der Waals surface area contributed by atoms with Crippen LogP contribution >= 0.6 is 23.5 Å². The fraction of sp³-hybridized carbons (Fsp3) is 0.706. The zero-order valence-corrected chi connectivity index (χ0v) is 22.9. The number of nitrogens with zero attached hydrogens (tertiary/aromatic N) is 4. The number of aliphatic hydroxyl groups is 2. The van der Waals surface area contributed by atoms with E-state index in [-0.39, 0.29) is 24.1 Å². The van der Waals surface area contributed by atoms with E-state index in [9.17, 15) is 33.7 Å². The summed E-state index contributed by atoms with van der Waals surface area (Å²) in [4.78, 5) is 50.7. The van der Waals surface area contributed by atoms with Gasteiger partial charge in [-0.15, -0.1) is 0 Å². The van der Waals surface area contributed by atoms with Gasteiger partial charge in [0.25, 0.3) is 0 Å². The lowest BCUT2D eigenvalue weighted by molar-refractivity contribution is -0.0682. The lowest BCUT2D eigenvalue weighted by Crippen LogP contribution is -2.50. The molecule has 7 atom stereocenters. The second-order valence-electron chi connectivity index (χ2n) is 8.62. The molecule has 3 rings (SSSR count). The standard InChI is InChI=1S/C17H30N5O13P3/c1-3-4-5-6-7-17(2)20-14(18)11-15(21-17)22(9-19-11)16-13(24)12(23)10(33-16)8-32-37(28,29)35-38(30,31)34-36(25,26)27/h6-7,10,12-13,16,23-24H,3-5,8-9H2,1-2H3,(H2,18,20)(H,28,29)(H,30,31)(H2,25,26,27)/t10-,12-,13-,16-,17?/m1/s1. The Kier molecular flexibility index (Phi) is 9.54. The van der Waals surface area contributed by atoms with Gasteiger partial charge >= 0.3 is 23.5 Å². The second-order valence-corrected chi connectivity index (χ2v) is 13.0. The van der Waals surface area contributed by atoms with Crippen LogP contribution in [-0.2, 0) is 31.6 Å². The van der Waals surface area contributed by atoms with Crippen molar-refractivity contribution in [2.75, 3.05) is 13.3 Å². The van der Waals surface area contributed by atoms with Crippen LogP contribution in [0.3, 0.4) is 0 Å². The maximum absolute atomic E-state index is 12.0. The van der Waals surface area contributed by atoms with Gasteiger partial charge in [0.05, 0.1) is 6.61 Å². The van der Waals surface area contributed by atoms with Crippen molar-refractivity contribution in [3.63, 3.8) is 0 Å². The molecule has 0 amide bonds. The monoisotopic (exact) mass is 605 g/mol. The van der Waals surface area contributed by atoms with Crippen LogP contribution < -0.4 is 5.73 Å². The first-order valence-electron chi connectivity index (χ1n) is 11.2. The largest absolute Gasteiger partial charge is 0.490 e. The van der Waals surface area contributed by atoms with Crippen molar-refractivity contribution >= 4 is 40.9 Å². The second kappa shape index (κ2) is 11.6. The first-order chi connectivity index (χ1) is 17.5. The minimum absolute atomic E-state index is 0.0724. The maximum Gasteiger partial charge on any atom is 0.490 e. The van der Waals surface area contributed by atoms with Gasteiger partial charge in [-0.25, -0.2) is 23.7 Å². The first kappa shape index (κ1) is 31.2. The summed E-state index contributed by atoms with van der Waals surface area (Å²) in [7, 11) is -16.7. The molecule has 38 heavy (non-hydrogen) atoms. The van der Waals surface area contributed by atoms with Crippen molar-refractivity contribution in [3.8, 4) is 0 Å². The Balaban J connectivity index is 1.69. The summed E-state index contributed by atoms with van der Waals surface area (Å²) < 4.78 is 51.6. The Morgan fingerprint density at radius 1 is 1.13 bits per heavy atom. The molecule has 3 unspecified atom stereocenters. The number of phosphoric ester groups is 1. The number of phosphoric acid groups is 3. The van der Waals surface area contributed by atoms with Gasteiger partial charge in [-0.05, 0) is 19.4 Å². The number of fused-ring (bicyclic) bond motifs is 1. The van der Waals surface area contributed by atoms with E-state index in [0.29, 0.717) is 0 Å². The molecule has 8 N–H and O–H groups in total. The summed E-state index contributed by atoms with van der Waals surface area (Å²) in [5.41, 5.74) is 5.28. The van der Waals surface area contributed by atoms with Gasteiger partial charge in [0, 0.05) is 0 Å². The highest BCUT2D eigenvalue weighted by atomic mass is 31.3. The molecule has 0 radical (unpaired) electrons. The van der Waals surface area contributed by atoms with Gasteiger partial charge < -0.3 is 45.2 Å². The van der Waals surface area contributed by atoms with Crippen LogP contribution in [0.2, 0.25) is 0 Å². The lowest BCUT2D eigenvalue weighted by atomic mass is 10.1. The molecule has 21 heteroatoms. The van der Waals surface area contributed by atoms with E-state index in [2.05, 4.69) is 35.0 Å². The average Bonchev–Trinajstić information content (AvgIpc) is 3.28. The maximum atomic E-state index is 12.0. The van der Waals surface area contributed by atoms with Crippen molar-refractivity contribution in [2.45, 2.75) is 63.3 Å². The van der Waals surface area contributed by atoms with Gasteiger partial charge in [0.15, 0.2) is 23.6 Å².